The minimum absolute atomic E-state index is 0.500. The number of benzene rings is 2. The van der Waals surface area contributed by atoms with Crippen molar-refractivity contribution in [3.05, 3.63) is 52.0 Å². The summed E-state index contributed by atoms with van der Waals surface area (Å²) in [6.45, 7) is 10.4. The largest absolute Gasteiger partial charge is 0.495 e. The van der Waals surface area contributed by atoms with Gasteiger partial charge in [-0.05, 0) is 74.9 Å². The molecule has 0 radical (unpaired) electrons. The third-order valence-corrected chi connectivity index (χ3v) is 7.19. The lowest BCUT2D eigenvalue weighted by atomic mass is 9.86. The molecule has 30 heavy (non-hydrogen) atoms. The molecule has 2 fully saturated rings. The number of fused-ring (bicyclic) bond motifs is 1. The molecule has 2 aromatic rings. The van der Waals surface area contributed by atoms with Gasteiger partial charge in [0.2, 0.25) is 0 Å². The molecule has 0 saturated carbocycles. The molecule has 162 valence electrons. The van der Waals surface area contributed by atoms with Crippen LogP contribution in [0, 0.1) is 13.8 Å². The van der Waals surface area contributed by atoms with Crippen molar-refractivity contribution in [2.75, 3.05) is 38.3 Å². The van der Waals surface area contributed by atoms with E-state index in [0.29, 0.717) is 23.7 Å². The molecule has 2 heterocycles. The molecule has 2 atom stereocenters. The molecule has 4 nitrogen and oxygen atoms in total. The Hall–Kier alpha value is -1.91. The summed E-state index contributed by atoms with van der Waals surface area (Å²) in [6.07, 6.45) is 3.77. The summed E-state index contributed by atoms with van der Waals surface area (Å²) < 4.78 is 11.2. The van der Waals surface area contributed by atoms with Gasteiger partial charge in [0, 0.05) is 43.5 Å². The molecule has 0 unspecified atom stereocenters. The van der Waals surface area contributed by atoms with Gasteiger partial charge in [-0.1, -0.05) is 17.7 Å². The topological polar surface area (TPSA) is 24.9 Å². The van der Waals surface area contributed by atoms with Crippen molar-refractivity contribution < 1.29 is 9.47 Å². The molecule has 2 aromatic carbocycles. The van der Waals surface area contributed by atoms with E-state index in [1.165, 1.54) is 41.6 Å². The lowest BCUT2D eigenvalue weighted by molar-refractivity contribution is 0.0712. The Bertz CT molecular complexity index is 901. The molecular weight excluding hydrogens is 396 g/mol. The van der Waals surface area contributed by atoms with Crippen molar-refractivity contribution in [1.82, 2.24) is 4.90 Å². The van der Waals surface area contributed by atoms with E-state index in [0.717, 1.165) is 31.1 Å². The Morgan fingerprint density at radius 2 is 1.87 bits per heavy atom. The fourth-order valence-corrected chi connectivity index (χ4v) is 5.35. The number of nitrogens with zero attached hydrogens (tertiary/aromatic N) is 2. The van der Waals surface area contributed by atoms with E-state index in [1.807, 2.05) is 13.0 Å². The van der Waals surface area contributed by atoms with Gasteiger partial charge in [0.1, 0.15) is 11.5 Å². The summed E-state index contributed by atoms with van der Waals surface area (Å²) in [5.41, 5.74) is 5.34. The van der Waals surface area contributed by atoms with Gasteiger partial charge in [-0.3, -0.25) is 4.90 Å². The van der Waals surface area contributed by atoms with Gasteiger partial charge in [0.25, 0.3) is 0 Å². The highest BCUT2D eigenvalue weighted by molar-refractivity contribution is 6.32. The highest BCUT2D eigenvalue weighted by atomic mass is 35.5. The predicted octanol–water partition coefficient (Wildman–Crippen LogP) is 5.78. The smallest absolute Gasteiger partial charge is 0.139 e. The van der Waals surface area contributed by atoms with E-state index < -0.39 is 0 Å². The highest BCUT2D eigenvalue weighted by Gasteiger charge is 2.36. The Labute approximate surface area is 185 Å². The van der Waals surface area contributed by atoms with Gasteiger partial charge in [-0.25, -0.2) is 0 Å². The Balaban J connectivity index is 1.54. The van der Waals surface area contributed by atoms with Crippen LogP contribution in [0.3, 0.4) is 0 Å². The van der Waals surface area contributed by atoms with Gasteiger partial charge < -0.3 is 14.4 Å². The summed E-state index contributed by atoms with van der Waals surface area (Å²) in [6, 6.07) is 11.7. The highest BCUT2D eigenvalue weighted by Crippen LogP contribution is 2.40. The van der Waals surface area contributed by atoms with E-state index in [2.05, 4.69) is 47.9 Å². The van der Waals surface area contributed by atoms with Crippen LogP contribution in [-0.2, 0) is 0 Å². The van der Waals surface area contributed by atoms with Crippen LogP contribution >= 0.6 is 11.6 Å². The molecule has 0 aliphatic carbocycles. The number of rotatable bonds is 5. The second kappa shape index (κ2) is 9.07. The molecule has 2 saturated heterocycles. The van der Waals surface area contributed by atoms with Crippen LogP contribution in [0.2, 0.25) is 5.02 Å². The molecule has 5 heteroatoms. The molecule has 0 spiro atoms. The zero-order chi connectivity index (χ0) is 21.3. The standard InChI is InChI=1S/C25H33ClN2O2/c1-5-30-24-12-10-21(17(2)18(24)3)23-8-6-7-20-16-27(13-14-28(20)23)19-9-11-22(26)25(15-19)29-4/h9-12,15,20,23H,5-8,13-14,16H2,1-4H3/t20-,23+/m0/s1. The lowest BCUT2D eigenvalue weighted by Gasteiger charge is -2.49. The number of piperazine rings is 1. The third-order valence-electron chi connectivity index (χ3n) is 6.88. The zero-order valence-electron chi connectivity index (χ0n) is 18.6. The number of halogens is 1. The molecule has 2 aliphatic rings. The molecule has 0 N–H and O–H groups in total. The van der Waals surface area contributed by atoms with Gasteiger partial charge in [-0.15, -0.1) is 0 Å². The maximum atomic E-state index is 6.23. The summed E-state index contributed by atoms with van der Waals surface area (Å²) in [4.78, 5) is 5.23. The van der Waals surface area contributed by atoms with Gasteiger partial charge in [0.05, 0.1) is 18.7 Å². The minimum atomic E-state index is 0.500. The Morgan fingerprint density at radius 3 is 2.63 bits per heavy atom. The second-order valence-corrected chi connectivity index (χ2v) is 8.85. The first-order valence-corrected chi connectivity index (χ1v) is 11.5. The van der Waals surface area contributed by atoms with Gasteiger partial charge in [-0.2, -0.15) is 0 Å². The lowest BCUT2D eigenvalue weighted by Crippen LogP contribution is -2.56. The maximum absolute atomic E-state index is 6.23. The van der Waals surface area contributed by atoms with Crippen molar-refractivity contribution >= 4 is 17.3 Å². The second-order valence-electron chi connectivity index (χ2n) is 8.44. The van der Waals surface area contributed by atoms with Crippen molar-refractivity contribution in [3.63, 3.8) is 0 Å². The summed E-state index contributed by atoms with van der Waals surface area (Å²) in [7, 11) is 1.68. The van der Waals surface area contributed by atoms with E-state index in [1.54, 1.807) is 7.11 Å². The van der Waals surface area contributed by atoms with Gasteiger partial charge in [0.15, 0.2) is 0 Å². The van der Waals surface area contributed by atoms with Crippen LogP contribution in [-0.4, -0.2) is 44.3 Å². The van der Waals surface area contributed by atoms with Crippen LogP contribution in [0.1, 0.15) is 48.9 Å². The van der Waals surface area contributed by atoms with Crippen molar-refractivity contribution in [1.29, 1.82) is 0 Å². The molecule has 4 rings (SSSR count). The number of piperidine rings is 1. The van der Waals surface area contributed by atoms with Crippen LogP contribution in [0.5, 0.6) is 11.5 Å². The summed E-state index contributed by atoms with van der Waals surface area (Å²) >= 11 is 6.23. The van der Waals surface area contributed by atoms with Crippen molar-refractivity contribution in [2.24, 2.45) is 0 Å². The normalized spacial score (nSPS) is 22.0. The molecule has 0 amide bonds. The van der Waals surface area contributed by atoms with Crippen LogP contribution < -0.4 is 14.4 Å². The number of anilines is 1. The molecule has 0 bridgehead atoms. The molecule has 2 aliphatic heterocycles. The van der Waals surface area contributed by atoms with Crippen molar-refractivity contribution in [3.8, 4) is 11.5 Å². The fourth-order valence-electron chi connectivity index (χ4n) is 5.15. The first-order valence-electron chi connectivity index (χ1n) is 11.1. The average molecular weight is 429 g/mol. The van der Waals surface area contributed by atoms with E-state index >= 15 is 0 Å². The molecule has 0 aromatic heterocycles. The van der Waals surface area contributed by atoms with E-state index in [9.17, 15) is 0 Å². The van der Waals surface area contributed by atoms with Crippen LogP contribution in [0.25, 0.3) is 0 Å². The van der Waals surface area contributed by atoms with Crippen molar-refractivity contribution in [2.45, 2.75) is 52.1 Å². The number of hydrogen-bond donors (Lipinski definition) is 0. The number of methoxy groups -OCH3 is 1. The van der Waals surface area contributed by atoms with Crippen LogP contribution in [0.15, 0.2) is 30.3 Å². The summed E-state index contributed by atoms with van der Waals surface area (Å²) in [5, 5.41) is 0.666. The van der Waals surface area contributed by atoms with Gasteiger partial charge >= 0.3 is 0 Å². The molecular formula is C25H33ClN2O2. The monoisotopic (exact) mass is 428 g/mol. The quantitative estimate of drug-likeness (QED) is 0.602. The number of hydrogen-bond acceptors (Lipinski definition) is 4. The minimum Gasteiger partial charge on any atom is -0.495 e. The maximum Gasteiger partial charge on any atom is 0.139 e. The van der Waals surface area contributed by atoms with E-state index in [4.69, 9.17) is 21.1 Å². The fraction of sp³-hybridized carbons (Fsp3) is 0.520. The Kier molecular flexibility index (Phi) is 6.45. The first kappa shape index (κ1) is 21.3. The number of ether oxygens (including phenoxy) is 2. The summed E-state index contributed by atoms with van der Waals surface area (Å²) in [5.74, 6) is 1.77. The third kappa shape index (κ3) is 4.00. The predicted molar refractivity (Wildman–Crippen MR) is 124 cm³/mol. The first-order chi connectivity index (χ1) is 14.5. The van der Waals surface area contributed by atoms with Crippen LogP contribution in [0.4, 0.5) is 5.69 Å². The average Bonchev–Trinajstić information content (AvgIpc) is 2.77. The SMILES string of the molecule is CCOc1ccc([C@H]2CCC[C@H]3CN(c4ccc(Cl)c(OC)c4)CCN32)c(C)c1C. The van der Waals surface area contributed by atoms with E-state index in [-0.39, 0.29) is 0 Å². The Morgan fingerprint density at radius 1 is 1.03 bits per heavy atom. The zero-order valence-corrected chi connectivity index (χ0v) is 19.3.